The van der Waals surface area contributed by atoms with Gasteiger partial charge in [0.1, 0.15) is 0 Å². The average Bonchev–Trinajstić information content (AvgIpc) is 2.93. The number of hydrogen-bond acceptors (Lipinski definition) is 3. The van der Waals surface area contributed by atoms with E-state index >= 15 is 0 Å². The van der Waals surface area contributed by atoms with Crippen LogP contribution >= 0.6 is 0 Å². The summed E-state index contributed by atoms with van der Waals surface area (Å²) in [4.78, 5) is 25.7. The molecule has 4 nitrogen and oxygen atoms in total. The van der Waals surface area contributed by atoms with E-state index in [-0.39, 0.29) is 29.1 Å². The lowest BCUT2D eigenvalue weighted by atomic mass is 9.89. The Kier molecular flexibility index (Phi) is 3.93. The molecule has 1 heterocycles. The minimum absolute atomic E-state index is 0.0250. The maximum absolute atomic E-state index is 12.1. The maximum Gasteiger partial charge on any atom is 0.233 e. The molecule has 0 aromatic rings. The van der Waals surface area contributed by atoms with E-state index in [1.54, 1.807) is 0 Å². The summed E-state index contributed by atoms with van der Waals surface area (Å²) in [7, 11) is 0. The molecule has 0 aromatic carbocycles. The number of carbonyl (C=O) groups excluding carboxylic acids is 2. The first kappa shape index (κ1) is 14.0. The second kappa shape index (κ2) is 5.32. The number of hydrogen-bond donors (Lipinski definition) is 0. The van der Waals surface area contributed by atoms with Crippen molar-refractivity contribution in [1.82, 2.24) is 4.90 Å². The van der Waals surface area contributed by atoms with Gasteiger partial charge in [-0.25, -0.2) is 0 Å². The number of fused-ring (bicyclic) bond motifs is 1. The van der Waals surface area contributed by atoms with Crippen LogP contribution in [0.1, 0.15) is 52.4 Å². The molecule has 2 fully saturated rings. The van der Waals surface area contributed by atoms with Crippen molar-refractivity contribution in [2.75, 3.05) is 6.54 Å². The molecule has 19 heavy (non-hydrogen) atoms. The normalized spacial score (nSPS) is 26.7. The molecule has 0 N–H and O–H groups in total. The van der Waals surface area contributed by atoms with Crippen molar-refractivity contribution in [2.24, 2.45) is 17.3 Å². The molecule has 2 rings (SSSR count). The predicted octanol–water partition coefficient (Wildman–Crippen LogP) is 2.49. The molecule has 0 aromatic heterocycles. The summed E-state index contributed by atoms with van der Waals surface area (Å²) in [5, 5.41) is 8.93. The molecule has 2 atom stereocenters. The molecule has 1 saturated heterocycles. The zero-order valence-corrected chi connectivity index (χ0v) is 11.8. The first-order valence-corrected chi connectivity index (χ1v) is 7.23. The van der Waals surface area contributed by atoms with Gasteiger partial charge in [0.05, 0.1) is 23.3 Å². The third kappa shape index (κ3) is 2.80. The Hall–Kier alpha value is -1.37. The first-order valence-electron chi connectivity index (χ1n) is 7.23. The fraction of sp³-hybridized carbons (Fsp3) is 0.800. The number of carbonyl (C=O) groups is 2. The molecule has 104 valence electrons. The van der Waals surface area contributed by atoms with E-state index in [1.807, 2.05) is 13.8 Å². The van der Waals surface area contributed by atoms with Crippen LogP contribution in [0.3, 0.4) is 0 Å². The molecule has 4 heteroatoms. The number of likely N-dealkylation sites (tertiary alicyclic amines) is 1. The summed E-state index contributed by atoms with van der Waals surface area (Å²) in [6.45, 7) is 4.37. The van der Waals surface area contributed by atoms with E-state index in [0.29, 0.717) is 6.54 Å². The van der Waals surface area contributed by atoms with Crippen molar-refractivity contribution in [3.8, 4) is 6.07 Å². The van der Waals surface area contributed by atoms with Crippen LogP contribution in [0, 0.1) is 28.6 Å². The van der Waals surface area contributed by atoms with Crippen LogP contribution in [0.15, 0.2) is 0 Å². The second-order valence-electron chi connectivity index (χ2n) is 6.42. The third-order valence-electron chi connectivity index (χ3n) is 4.42. The smallest absolute Gasteiger partial charge is 0.233 e. The summed E-state index contributed by atoms with van der Waals surface area (Å²) >= 11 is 0. The first-order chi connectivity index (χ1) is 8.96. The van der Waals surface area contributed by atoms with E-state index in [4.69, 9.17) is 5.26 Å². The lowest BCUT2D eigenvalue weighted by molar-refractivity contribution is -0.140. The SMILES string of the molecule is CC(C)(C#N)CCCCN1C(=O)C2CCCC2C1=O. The van der Waals surface area contributed by atoms with Crippen LogP contribution < -0.4 is 0 Å². The standard InChI is InChI=1S/C15H22N2O2/c1-15(2,10-16)8-3-4-9-17-13(18)11-6-5-7-12(11)14(17)19/h11-12H,3-9H2,1-2H3. The Balaban J connectivity index is 1.80. The van der Waals surface area contributed by atoms with Crippen molar-refractivity contribution in [3.05, 3.63) is 0 Å². The molecule has 0 spiro atoms. The number of unbranched alkanes of at least 4 members (excludes halogenated alkanes) is 1. The third-order valence-corrected chi connectivity index (χ3v) is 4.42. The van der Waals surface area contributed by atoms with E-state index < -0.39 is 0 Å². The summed E-state index contributed by atoms with van der Waals surface area (Å²) in [6.07, 6.45) is 5.28. The number of imide groups is 1. The lowest BCUT2D eigenvalue weighted by Gasteiger charge is -2.18. The molecule has 1 saturated carbocycles. The maximum atomic E-state index is 12.1. The van der Waals surface area contributed by atoms with Gasteiger partial charge in [-0.2, -0.15) is 5.26 Å². The highest BCUT2D eigenvalue weighted by molar-refractivity contribution is 6.05. The lowest BCUT2D eigenvalue weighted by Crippen LogP contribution is -2.32. The van der Waals surface area contributed by atoms with Crippen LogP contribution in [0.25, 0.3) is 0 Å². The van der Waals surface area contributed by atoms with Gasteiger partial charge in [0.2, 0.25) is 11.8 Å². The van der Waals surface area contributed by atoms with E-state index in [9.17, 15) is 9.59 Å². The number of amides is 2. The van der Waals surface area contributed by atoms with E-state index in [0.717, 1.165) is 38.5 Å². The van der Waals surface area contributed by atoms with Crippen molar-refractivity contribution >= 4 is 11.8 Å². The van der Waals surface area contributed by atoms with Crippen LogP contribution in [0.2, 0.25) is 0 Å². The molecular formula is C15H22N2O2. The number of nitriles is 1. The van der Waals surface area contributed by atoms with Gasteiger partial charge in [-0.1, -0.05) is 12.8 Å². The summed E-state index contributed by atoms with van der Waals surface area (Å²) in [6, 6.07) is 2.27. The fourth-order valence-electron chi connectivity index (χ4n) is 3.17. The largest absolute Gasteiger partial charge is 0.282 e. The van der Waals surface area contributed by atoms with Gasteiger partial charge in [-0.3, -0.25) is 14.5 Å². The minimum Gasteiger partial charge on any atom is -0.282 e. The van der Waals surface area contributed by atoms with Gasteiger partial charge in [-0.15, -0.1) is 0 Å². The highest BCUT2D eigenvalue weighted by Gasteiger charge is 2.49. The number of rotatable bonds is 5. The van der Waals surface area contributed by atoms with Gasteiger partial charge < -0.3 is 0 Å². The highest BCUT2D eigenvalue weighted by atomic mass is 16.2. The van der Waals surface area contributed by atoms with Crippen LogP contribution in [-0.2, 0) is 9.59 Å². The molecule has 2 unspecified atom stereocenters. The topological polar surface area (TPSA) is 61.2 Å². The molecule has 2 aliphatic rings. The summed E-state index contributed by atoms with van der Waals surface area (Å²) in [5.41, 5.74) is -0.310. The fourth-order valence-corrected chi connectivity index (χ4v) is 3.17. The number of nitrogens with zero attached hydrogens (tertiary/aromatic N) is 2. The van der Waals surface area contributed by atoms with Gasteiger partial charge in [0.15, 0.2) is 0 Å². The molecule has 0 radical (unpaired) electrons. The average molecular weight is 262 g/mol. The van der Waals surface area contributed by atoms with Crippen LogP contribution in [-0.4, -0.2) is 23.3 Å². The minimum atomic E-state index is -0.310. The Morgan fingerprint density at radius 2 is 1.79 bits per heavy atom. The van der Waals surface area contributed by atoms with E-state index in [1.165, 1.54) is 4.90 Å². The molecule has 2 amide bonds. The Labute approximate surface area is 114 Å². The summed E-state index contributed by atoms with van der Waals surface area (Å²) < 4.78 is 0. The van der Waals surface area contributed by atoms with Crippen LogP contribution in [0.5, 0.6) is 0 Å². The van der Waals surface area contributed by atoms with Gasteiger partial charge in [0, 0.05) is 6.54 Å². The highest BCUT2D eigenvalue weighted by Crippen LogP contribution is 2.39. The molecule has 1 aliphatic carbocycles. The zero-order chi connectivity index (χ0) is 14.0. The molecule has 1 aliphatic heterocycles. The second-order valence-corrected chi connectivity index (χ2v) is 6.42. The Morgan fingerprint density at radius 3 is 2.32 bits per heavy atom. The monoisotopic (exact) mass is 262 g/mol. The van der Waals surface area contributed by atoms with Crippen molar-refractivity contribution in [1.29, 1.82) is 5.26 Å². The Bertz CT molecular complexity index is 400. The quantitative estimate of drug-likeness (QED) is 0.565. The summed E-state index contributed by atoms with van der Waals surface area (Å²) in [5.74, 6) is 0.0465. The predicted molar refractivity (Wildman–Crippen MR) is 70.8 cm³/mol. The molecule has 0 bridgehead atoms. The Morgan fingerprint density at radius 1 is 1.21 bits per heavy atom. The van der Waals surface area contributed by atoms with Crippen molar-refractivity contribution in [3.63, 3.8) is 0 Å². The van der Waals surface area contributed by atoms with Gasteiger partial charge in [-0.05, 0) is 39.5 Å². The van der Waals surface area contributed by atoms with Crippen molar-refractivity contribution < 1.29 is 9.59 Å². The van der Waals surface area contributed by atoms with Crippen LogP contribution in [0.4, 0.5) is 0 Å². The van der Waals surface area contributed by atoms with Crippen molar-refractivity contribution in [2.45, 2.75) is 52.4 Å². The van der Waals surface area contributed by atoms with Gasteiger partial charge >= 0.3 is 0 Å². The van der Waals surface area contributed by atoms with Gasteiger partial charge in [0.25, 0.3) is 0 Å². The zero-order valence-electron chi connectivity index (χ0n) is 11.8. The van der Waals surface area contributed by atoms with E-state index in [2.05, 4.69) is 6.07 Å². The molecular weight excluding hydrogens is 240 g/mol.